The molecule has 3 heterocycles. The standard InChI is InChI=1S/C19H21F3N4O/c20-19(21,22)18-23-16-7-10-25(12-15(16)17(27)24-18)11-13-3-5-14(6-4-13)26-8-1-2-9-26/h3-6H,1-2,7-12H2,(H,23,24,27). The maximum atomic E-state index is 12.8. The van der Waals surface area contributed by atoms with Crippen LogP contribution < -0.4 is 10.5 Å². The lowest BCUT2D eigenvalue weighted by atomic mass is 10.1. The number of halogens is 3. The number of aromatic amines is 1. The number of aromatic nitrogens is 2. The van der Waals surface area contributed by atoms with Crippen molar-refractivity contribution in [2.75, 3.05) is 24.5 Å². The van der Waals surface area contributed by atoms with Crippen molar-refractivity contribution < 1.29 is 13.2 Å². The van der Waals surface area contributed by atoms with Crippen LogP contribution in [-0.2, 0) is 25.7 Å². The molecule has 8 heteroatoms. The molecule has 0 spiro atoms. The van der Waals surface area contributed by atoms with Crippen LogP contribution in [0.5, 0.6) is 0 Å². The third-order valence-corrected chi connectivity index (χ3v) is 5.23. The van der Waals surface area contributed by atoms with Crippen molar-refractivity contribution in [2.24, 2.45) is 0 Å². The second-order valence-electron chi connectivity index (χ2n) is 7.16. The molecule has 144 valence electrons. The lowest BCUT2D eigenvalue weighted by molar-refractivity contribution is -0.145. The molecular formula is C19H21F3N4O. The van der Waals surface area contributed by atoms with Crippen LogP contribution in [0.15, 0.2) is 29.1 Å². The Morgan fingerprint density at radius 3 is 2.44 bits per heavy atom. The highest BCUT2D eigenvalue weighted by atomic mass is 19.4. The monoisotopic (exact) mass is 378 g/mol. The third-order valence-electron chi connectivity index (χ3n) is 5.23. The molecule has 1 fully saturated rings. The van der Waals surface area contributed by atoms with Crippen LogP contribution in [0.3, 0.4) is 0 Å². The maximum Gasteiger partial charge on any atom is 0.449 e. The number of hydrogen-bond acceptors (Lipinski definition) is 4. The SMILES string of the molecule is O=c1[nH]c(C(F)(F)F)nc2c1CN(Cc1ccc(N3CCCC3)cc1)CC2. The van der Waals surface area contributed by atoms with E-state index < -0.39 is 17.6 Å². The summed E-state index contributed by atoms with van der Waals surface area (Å²) in [5.74, 6) is -1.21. The van der Waals surface area contributed by atoms with E-state index in [4.69, 9.17) is 0 Å². The van der Waals surface area contributed by atoms with Crippen LogP contribution in [0.4, 0.5) is 18.9 Å². The molecule has 1 aromatic carbocycles. The van der Waals surface area contributed by atoms with E-state index in [-0.39, 0.29) is 5.69 Å². The van der Waals surface area contributed by atoms with Gasteiger partial charge in [-0.2, -0.15) is 13.2 Å². The summed E-state index contributed by atoms with van der Waals surface area (Å²) in [5, 5.41) is 0. The Morgan fingerprint density at radius 1 is 1.07 bits per heavy atom. The summed E-state index contributed by atoms with van der Waals surface area (Å²) in [6.07, 6.45) is -1.84. The van der Waals surface area contributed by atoms with Gasteiger partial charge in [-0.05, 0) is 30.5 Å². The summed E-state index contributed by atoms with van der Waals surface area (Å²) in [6.45, 7) is 3.73. The Labute approximate surface area is 154 Å². The molecular weight excluding hydrogens is 357 g/mol. The summed E-state index contributed by atoms with van der Waals surface area (Å²) in [7, 11) is 0. The second kappa shape index (κ2) is 6.99. The lowest BCUT2D eigenvalue weighted by Crippen LogP contribution is -2.36. The van der Waals surface area contributed by atoms with Crippen LogP contribution in [0, 0.1) is 0 Å². The van der Waals surface area contributed by atoms with Crippen LogP contribution in [0.2, 0.25) is 0 Å². The van der Waals surface area contributed by atoms with Crippen molar-refractivity contribution in [2.45, 2.75) is 38.5 Å². The Hall–Kier alpha value is -2.35. The van der Waals surface area contributed by atoms with Crippen LogP contribution >= 0.6 is 0 Å². The maximum absolute atomic E-state index is 12.8. The van der Waals surface area contributed by atoms with E-state index in [0.29, 0.717) is 31.6 Å². The van der Waals surface area contributed by atoms with Gasteiger partial charge in [-0.25, -0.2) is 4.98 Å². The minimum absolute atomic E-state index is 0.256. The molecule has 0 unspecified atom stereocenters. The predicted molar refractivity (Wildman–Crippen MR) is 95.6 cm³/mol. The van der Waals surface area contributed by atoms with Gasteiger partial charge in [0.1, 0.15) is 0 Å². The average molecular weight is 378 g/mol. The van der Waals surface area contributed by atoms with E-state index in [1.807, 2.05) is 4.98 Å². The van der Waals surface area contributed by atoms with Gasteiger partial charge in [0.25, 0.3) is 5.56 Å². The van der Waals surface area contributed by atoms with Crippen molar-refractivity contribution in [3.05, 3.63) is 57.3 Å². The highest BCUT2D eigenvalue weighted by Gasteiger charge is 2.35. The van der Waals surface area contributed by atoms with Gasteiger partial charge >= 0.3 is 6.18 Å². The summed E-state index contributed by atoms with van der Waals surface area (Å²) < 4.78 is 38.4. The van der Waals surface area contributed by atoms with Crippen LogP contribution in [-0.4, -0.2) is 34.5 Å². The Bertz CT molecular complexity index is 870. The zero-order valence-corrected chi connectivity index (χ0v) is 14.9. The van der Waals surface area contributed by atoms with Crippen molar-refractivity contribution in [3.63, 3.8) is 0 Å². The van der Waals surface area contributed by atoms with Gasteiger partial charge in [-0.3, -0.25) is 9.69 Å². The lowest BCUT2D eigenvalue weighted by Gasteiger charge is -2.28. The quantitative estimate of drug-likeness (QED) is 0.892. The molecule has 2 aliphatic heterocycles. The Balaban J connectivity index is 1.46. The number of rotatable bonds is 3. The molecule has 0 aliphatic carbocycles. The number of fused-ring (bicyclic) bond motifs is 1. The Morgan fingerprint density at radius 2 is 1.78 bits per heavy atom. The molecule has 0 amide bonds. The molecule has 0 atom stereocenters. The van der Waals surface area contributed by atoms with Gasteiger partial charge in [0.05, 0.1) is 11.3 Å². The molecule has 2 aromatic rings. The van der Waals surface area contributed by atoms with Gasteiger partial charge < -0.3 is 9.88 Å². The molecule has 27 heavy (non-hydrogen) atoms. The Kier molecular flexibility index (Phi) is 4.67. The number of anilines is 1. The molecule has 5 nitrogen and oxygen atoms in total. The predicted octanol–water partition coefficient (Wildman–Crippen LogP) is 2.95. The number of nitrogens with zero attached hydrogens (tertiary/aromatic N) is 3. The first-order chi connectivity index (χ1) is 12.9. The second-order valence-corrected chi connectivity index (χ2v) is 7.16. The molecule has 0 radical (unpaired) electrons. The van der Waals surface area contributed by atoms with Crippen LogP contribution in [0.25, 0.3) is 0 Å². The zero-order chi connectivity index (χ0) is 19.0. The topological polar surface area (TPSA) is 52.2 Å². The van der Waals surface area contributed by atoms with E-state index in [9.17, 15) is 18.0 Å². The van der Waals surface area contributed by atoms with Crippen molar-refractivity contribution >= 4 is 5.69 Å². The van der Waals surface area contributed by atoms with Crippen molar-refractivity contribution in [3.8, 4) is 0 Å². The smallest absolute Gasteiger partial charge is 0.372 e. The fourth-order valence-corrected chi connectivity index (χ4v) is 3.80. The number of alkyl halides is 3. The zero-order valence-electron chi connectivity index (χ0n) is 14.9. The molecule has 1 N–H and O–H groups in total. The normalized spacial score (nSPS) is 18.0. The molecule has 0 saturated carbocycles. The van der Waals surface area contributed by atoms with E-state index >= 15 is 0 Å². The van der Waals surface area contributed by atoms with Crippen molar-refractivity contribution in [1.29, 1.82) is 0 Å². The van der Waals surface area contributed by atoms with Gasteiger partial charge in [0, 0.05) is 44.8 Å². The van der Waals surface area contributed by atoms with Gasteiger partial charge in [-0.15, -0.1) is 0 Å². The molecule has 1 saturated heterocycles. The number of H-pyrrole nitrogens is 1. The highest BCUT2D eigenvalue weighted by molar-refractivity contribution is 5.48. The fourth-order valence-electron chi connectivity index (χ4n) is 3.80. The van der Waals surface area contributed by atoms with Gasteiger partial charge in [0.2, 0.25) is 5.82 Å². The molecule has 0 bridgehead atoms. The largest absolute Gasteiger partial charge is 0.449 e. The first-order valence-electron chi connectivity index (χ1n) is 9.16. The molecule has 4 rings (SSSR count). The number of nitrogens with one attached hydrogen (secondary N) is 1. The van der Waals surface area contributed by atoms with Crippen molar-refractivity contribution in [1.82, 2.24) is 14.9 Å². The third kappa shape index (κ3) is 3.85. The summed E-state index contributed by atoms with van der Waals surface area (Å²) >= 11 is 0. The minimum Gasteiger partial charge on any atom is -0.372 e. The number of benzene rings is 1. The highest BCUT2D eigenvalue weighted by Crippen LogP contribution is 2.27. The average Bonchev–Trinajstić information content (AvgIpc) is 3.16. The van der Waals surface area contributed by atoms with E-state index in [2.05, 4.69) is 39.0 Å². The van der Waals surface area contributed by atoms with E-state index in [0.717, 1.165) is 18.7 Å². The first-order valence-corrected chi connectivity index (χ1v) is 9.16. The van der Waals surface area contributed by atoms with Gasteiger partial charge in [-0.1, -0.05) is 12.1 Å². The fraction of sp³-hybridized carbons (Fsp3) is 0.474. The summed E-state index contributed by atoms with van der Waals surface area (Å²) in [5.41, 5.74) is 2.24. The summed E-state index contributed by atoms with van der Waals surface area (Å²) in [6, 6.07) is 8.39. The number of hydrogen-bond donors (Lipinski definition) is 1. The van der Waals surface area contributed by atoms with Crippen LogP contribution in [0.1, 0.15) is 35.5 Å². The molecule has 2 aliphatic rings. The van der Waals surface area contributed by atoms with Gasteiger partial charge in [0.15, 0.2) is 0 Å². The van der Waals surface area contributed by atoms with E-state index in [1.165, 1.54) is 18.5 Å². The minimum atomic E-state index is -4.64. The first kappa shape index (κ1) is 18.0. The van der Waals surface area contributed by atoms with E-state index in [1.54, 1.807) is 0 Å². The summed E-state index contributed by atoms with van der Waals surface area (Å²) in [4.78, 5) is 22.0. The molecule has 1 aromatic heterocycles.